The van der Waals surface area contributed by atoms with Crippen LogP contribution in [0.15, 0.2) is 57.8 Å². The van der Waals surface area contributed by atoms with Crippen LogP contribution in [0, 0.1) is 6.92 Å². The van der Waals surface area contributed by atoms with Crippen LogP contribution in [0.25, 0.3) is 17.0 Å². The number of amidine groups is 1. The normalized spacial score (nSPS) is 16.5. The van der Waals surface area contributed by atoms with Crippen LogP contribution < -0.4 is 5.32 Å². The lowest BCUT2D eigenvalue weighted by Crippen LogP contribution is -2.41. The monoisotopic (exact) mass is 469 g/mol. The molecule has 0 saturated carbocycles. The average molecular weight is 470 g/mol. The number of aromatic nitrogens is 2. The Morgan fingerprint density at radius 3 is 2.82 bits per heavy atom. The van der Waals surface area contributed by atoms with E-state index in [2.05, 4.69) is 27.0 Å². The molecule has 0 saturated heterocycles. The third-order valence-corrected chi connectivity index (χ3v) is 5.37. The first-order valence-corrected chi connectivity index (χ1v) is 11.1. The van der Waals surface area contributed by atoms with Crippen molar-refractivity contribution in [1.29, 1.82) is 0 Å². The van der Waals surface area contributed by atoms with Gasteiger partial charge in [0.25, 0.3) is 5.91 Å². The first-order valence-electron chi connectivity index (χ1n) is 10.7. The third-order valence-electron chi connectivity index (χ3n) is 5.06. The van der Waals surface area contributed by atoms with Crippen molar-refractivity contribution in [3.05, 3.63) is 64.8 Å². The zero-order chi connectivity index (χ0) is 24.0. The van der Waals surface area contributed by atoms with E-state index in [0.717, 1.165) is 12.0 Å². The van der Waals surface area contributed by atoms with Crippen molar-refractivity contribution < 1.29 is 14.1 Å². The second kappa shape index (κ2) is 11.1. The molecule has 0 atom stereocenters. The molecule has 0 fully saturated rings. The second-order valence-electron chi connectivity index (χ2n) is 7.34. The predicted octanol–water partition coefficient (Wildman–Crippen LogP) is 4.39. The van der Waals surface area contributed by atoms with Crippen molar-refractivity contribution in [1.82, 2.24) is 20.4 Å². The maximum atomic E-state index is 13.4. The molecule has 1 aliphatic heterocycles. The Labute approximate surface area is 198 Å². The number of methoxy groups -OCH3 is 1. The topological polar surface area (TPSA) is 92.8 Å². The number of carbonyl (C=O) groups excluding carboxylic acids is 1. The minimum absolute atomic E-state index is 0.181. The summed E-state index contributed by atoms with van der Waals surface area (Å²) >= 11 is 6.59. The number of carbonyl (C=O) groups is 1. The van der Waals surface area contributed by atoms with Gasteiger partial charge in [0.2, 0.25) is 11.7 Å². The molecule has 2 heterocycles. The lowest BCUT2D eigenvalue weighted by Gasteiger charge is -2.30. The first kappa shape index (κ1) is 24.4. The molecule has 0 aliphatic carbocycles. The SMILES string of the molecule is C=C(/N=C1\C(=C/C)C=C(c2ccc(-c3noc(C)n3)cc2Cl)C(=O)N1CC)NCCCOC. The van der Waals surface area contributed by atoms with Crippen LogP contribution in [0.1, 0.15) is 31.7 Å². The predicted molar refractivity (Wildman–Crippen MR) is 130 cm³/mol. The highest BCUT2D eigenvalue weighted by molar-refractivity contribution is 6.37. The molecule has 1 N–H and O–H groups in total. The molecule has 1 amide bonds. The van der Waals surface area contributed by atoms with Gasteiger partial charge in [-0.25, -0.2) is 4.99 Å². The number of benzene rings is 1. The fourth-order valence-electron chi connectivity index (χ4n) is 3.41. The van der Waals surface area contributed by atoms with Crippen LogP contribution in [0.4, 0.5) is 0 Å². The van der Waals surface area contributed by atoms with Crippen LogP contribution in [-0.4, -0.2) is 53.6 Å². The van der Waals surface area contributed by atoms with Gasteiger partial charge in [0, 0.05) is 61.0 Å². The minimum Gasteiger partial charge on any atom is -0.385 e. The largest absolute Gasteiger partial charge is 0.385 e. The van der Waals surface area contributed by atoms with Crippen molar-refractivity contribution in [3.63, 3.8) is 0 Å². The van der Waals surface area contributed by atoms with Crippen molar-refractivity contribution in [2.24, 2.45) is 4.99 Å². The van der Waals surface area contributed by atoms with Gasteiger partial charge in [-0.15, -0.1) is 0 Å². The van der Waals surface area contributed by atoms with Gasteiger partial charge < -0.3 is 14.6 Å². The Bertz CT molecular complexity index is 1130. The lowest BCUT2D eigenvalue weighted by molar-refractivity contribution is -0.121. The van der Waals surface area contributed by atoms with Crippen molar-refractivity contribution >= 4 is 28.9 Å². The summed E-state index contributed by atoms with van der Waals surface area (Å²) in [6.45, 7) is 11.3. The van der Waals surface area contributed by atoms with E-state index in [9.17, 15) is 4.79 Å². The van der Waals surface area contributed by atoms with Gasteiger partial charge in [-0.2, -0.15) is 4.98 Å². The molecule has 8 nitrogen and oxygen atoms in total. The standard InChI is InChI=1S/C24H28ClN5O3/c1-6-17-13-20(19-10-9-18(14-21(19)25)22-28-16(4)33-29-22)24(31)30(7-2)23(17)27-15(3)26-11-8-12-32-5/h6,9-10,13-14,26H,3,7-8,11-12H2,1-2,4-5H3/b17-6-,27-23+. The molecule has 1 aromatic heterocycles. The summed E-state index contributed by atoms with van der Waals surface area (Å²) in [6, 6.07) is 5.35. The van der Waals surface area contributed by atoms with E-state index >= 15 is 0 Å². The summed E-state index contributed by atoms with van der Waals surface area (Å²) in [5.74, 6) is 1.77. The van der Waals surface area contributed by atoms with E-state index in [-0.39, 0.29) is 5.91 Å². The number of halogens is 1. The van der Waals surface area contributed by atoms with Gasteiger partial charge >= 0.3 is 0 Å². The highest BCUT2D eigenvalue weighted by Gasteiger charge is 2.30. The van der Waals surface area contributed by atoms with E-state index in [1.807, 2.05) is 32.1 Å². The minimum atomic E-state index is -0.181. The second-order valence-corrected chi connectivity index (χ2v) is 7.75. The molecule has 1 aliphatic rings. The number of amides is 1. The summed E-state index contributed by atoms with van der Waals surface area (Å²) in [7, 11) is 1.66. The number of hydrogen-bond acceptors (Lipinski definition) is 7. The summed E-state index contributed by atoms with van der Waals surface area (Å²) in [5, 5.41) is 7.50. The number of allylic oxidation sites excluding steroid dienone is 1. The number of nitrogens with one attached hydrogen (secondary N) is 1. The molecule has 2 aromatic rings. The third kappa shape index (κ3) is 5.58. The van der Waals surface area contributed by atoms with Gasteiger partial charge in [0.05, 0.1) is 0 Å². The van der Waals surface area contributed by atoms with Crippen molar-refractivity contribution in [2.75, 3.05) is 26.8 Å². The van der Waals surface area contributed by atoms with Crippen LogP contribution in [0.3, 0.4) is 0 Å². The molecular formula is C24H28ClN5O3. The number of likely N-dealkylation sites (N-methyl/N-ethyl adjacent to an activating group) is 1. The number of aryl methyl sites for hydroxylation is 1. The number of aliphatic imine (C=N–C) groups is 1. The maximum absolute atomic E-state index is 13.4. The number of rotatable bonds is 9. The van der Waals surface area contributed by atoms with Gasteiger partial charge in [-0.1, -0.05) is 41.5 Å². The zero-order valence-corrected chi connectivity index (χ0v) is 20.1. The van der Waals surface area contributed by atoms with E-state index in [4.69, 9.17) is 20.9 Å². The summed E-state index contributed by atoms with van der Waals surface area (Å²) in [4.78, 5) is 23.9. The van der Waals surface area contributed by atoms with E-state index in [1.165, 1.54) is 0 Å². The Morgan fingerprint density at radius 1 is 1.42 bits per heavy atom. The molecule has 1 aromatic carbocycles. The Hall–Kier alpha value is -3.23. The molecule has 0 unspecified atom stereocenters. The number of ether oxygens (including phenoxy) is 1. The van der Waals surface area contributed by atoms with Gasteiger partial charge in [0.1, 0.15) is 11.7 Å². The van der Waals surface area contributed by atoms with Gasteiger partial charge in [-0.05, 0) is 32.4 Å². The van der Waals surface area contributed by atoms with Crippen molar-refractivity contribution in [3.8, 4) is 11.4 Å². The Balaban J connectivity index is 1.92. The van der Waals surface area contributed by atoms with E-state index < -0.39 is 0 Å². The Kier molecular flexibility index (Phi) is 8.19. The fourth-order valence-corrected chi connectivity index (χ4v) is 3.69. The highest BCUT2D eigenvalue weighted by atomic mass is 35.5. The first-order chi connectivity index (χ1) is 15.9. The average Bonchev–Trinajstić information content (AvgIpc) is 3.24. The molecule has 33 heavy (non-hydrogen) atoms. The quantitative estimate of drug-likeness (QED) is 0.547. The highest BCUT2D eigenvalue weighted by Crippen LogP contribution is 2.33. The van der Waals surface area contributed by atoms with Crippen LogP contribution in [0.5, 0.6) is 0 Å². The molecule has 3 rings (SSSR count). The number of hydrogen-bond donors (Lipinski definition) is 1. The van der Waals surface area contributed by atoms with Gasteiger partial charge in [-0.3, -0.25) is 9.69 Å². The molecule has 9 heteroatoms. The maximum Gasteiger partial charge on any atom is 0.260 e. The summed E-state index contributed by atoms with van der Waals surface area (Å²) in [6.07, 6.45) is 4.55. The fraction of sp³-hybridized carbons (Fsp3) is 0.333. The van der Waals surface area contributed by atoms with Crippen LogP contribution in [-0.2, 0) is 9.53 Å². The summed E-state index contributed by atoms with van der Waals surface area (Å²) in [5.41, 5.74) is 2.63. The Morgan fingerprint density at radius 2 is 2.21 bits per heavy atom. The smallest absolute Gasteiger partial charge is 0.260 e. The number of nitrogens with zero attached hydrogens (tertiary/aromatic N) is 4. The van der Waals surface area contributed by atoms with E-state index in [0.29, 0.717) is 64.8 Å². The zero-order valence-electron chi connectivity index (χ0n) is 19.3. The molecule has 0 radical (unpaired) electrons. The van der Waals surface area contributed by atoms with Crippen LogP contribution in [0.2, 0.25) is 5.02 Å². The molecule has 0 bridgehead atoms. The van der Waals surface area contributed by atoms with Crippen LogP contribution >= 0.6 is 11.6 Å². The molecule has 174 valence electrons. The van der Waals surface area contributed by atoms with Crippen molar-refractivity contribution in [2.45, 2.75) is 27.2 Å². The molecule has 0 spiro atoms. The molecular weight excluding hydrogens is 442 g/mol. The van der Waals surface area contributed by atoms with E-state index in [1.54, 1.807) is 31.1 Å². The van der Waals surface area contributed by atoms with Gasteiger partial charge in [0.15, 0.2) is 0 Å². The lowest BCUT2D eigenvalue weighted by atomic mass is 9.95. The summed E-state index contributed by atoms with van der Waals surface area (Å²) < 4.78 is 10.1.